The molecule has 0 atom stereocenters. The van der Waals surface area contributed by atoms with Crippen molar-refractivity contribution in [1.82, 2.24) is 6.15 Å². The van der Waals surface area contributed by atoms with Gasteiger partial charge >= 0.3 is 0 Å². The highest BCUT2D eigenvalue weighted by molar-refractivity contribution is 6.19. The lowest BCUT2D eigenvalue weighted by molar-refractivity contribution is 0.695. The Bertz CT molecular complexity index is 1480. The Labute approximate surface area is 272 Å². The van der Waals surface area contributed by atoms with Crippen molar-refractivity contribution in [2.75, 3.05) is 0 Å². The van der Waals surface area contributed by atoms with Crippen LogP contribution in [0.5, 0.6) is 0 Å². The zero-order valence-corrected chi connectivity index (χ0v) is 28.4. The van der Waals surface area contributed by atoms with Crippen LogP contribution in [0.4, 0.5) is 0 Å². The van der Waals surface area contributed by atoms with Crippen molar-refractivity contribution < 1.29 is 0 Å². The molecule has 0 aromatic rings. The van der Waals surface area contributed by atoms with Gasteiger partial charge < -0.3 is 6.15 Å². The van der Waals surface area contributed by atoms with E-state index in [9.17, 15) is 0 Å². The van der Waals surface area contributed by atoms with E-state index in [2.05, 4.69) is 76.3 Å². The van der Waals surface area contributed by atoms with Gasteiger partial charge in [-0.1, -0.05) is 79.1 Å². The molecule has 45 heavy (non-hydrogen) atoms. The van der Waals surface area contributed by atoms with E-state index in [0.29, 0.717) is 0 Å². The first-order valence-corrected chi connectivity index (χ1v) is 17.7. The third kappa shape index (κ3) is 8.85. The molecule has 3 N–H and O–H groups in total. The average Bonchev–Trinajstić information content (AvgIpc) is 3.81. The molecule has 0 saturated heterocycles. The third-order valence-corrected chi connectivity index (χ3v) is 9.01. The SMILES string of the molecule is CCCCCC1=CC2=CC3=NC(=CC4=NC(=CC5=NC(=C(CCCCC)C1=N2)C(CCCCC)=C5CCCCC)C=C4)C=C3.N. The highest BCUT2D eigenvalue weighted by atomic mass is 14.9. The molecule has 0 aromatic heterocycles. The van der Waals surface area contributed by atoms with Gasteiger partial charge in [0, 0.05) is 5.57 Å². The van der Waals surface area contributed by atoms with Gasteiger partial charge in [0.05, 0.1) is 45.6 Å². The molecule has 5 rings (SSSR count). The van der Waals surface area contributed by atoms with E-state index in [1.807, 2.05) is 0 Å². The largest absolute Gasteiger partial charge is 0.344 e. The van der Waals surface area contributed by atoms with Crippen molar-refractivity contribution in [3.8, 4) is 0 Å². The van der Waals surface area contributed by atoms with Crippen LogP contribution in [0.25, 0.3) is 0 Å². The van der Waals surface area contributed by atoms with Crippen molar-refractivity contribution >= 4 is 22.8 Å². The maximum Gasteiger partial charge on any atom is 0.0726 e. The molecule has 5 heterocycles. The van der Waals surface area contributed by atoms with E-state index in [4.69, 9.17) is 20.0 Å². The molecule has 0 unspecified atom stereocenters. The molecule has 240 valence electrons. The van der Waals surface area contributed by atoms with Crippen LogP contribution in [-0.4, -0.2) is 22.8 Å². The number of fused-ring (bicyclic) bond motifs is 4. The number of allylic oxidation sites excluding steroid dienone is 12. The van der Waals surface area contributed by atoms with Gasteiger partial charge in [-0.25, -0.2) is 20.0 Å². The smallest absolute Gasteiger partial charge is 0.0726 e. The summed E-state index contributed by atoms with van der Waals surface area (Å²) in [6.45, 7) is 9.17. The number of rotatable bonds is 16. The fourth-order valence-corrected chi connectivity index (χ4v) is 6.60. The highest BCUT2D eigenvalue weighted by Gasteiger charge is 2.29. The Morgan fingerprint density at radius 2 is 0.956 bits per heavy atom. The van der Waals surface area contributed by atoms with Crippen molar-refractivity contribution in [3.63, 3.8) is 0 Å². The minimum absolute atomic E-state index is 0. The number of hydrogen-bond donors (Lipinski definition) is 1. The summed E-state index contributed by atoms with van der Waals surface area (Å²) in [7, 11) is 0. The summed E-state index contributed by atoms with van der Waals surface area (Å²) >= 11 is 0. The monoisotopic (exact) mass is 605 g/mol. The maximum absolute atomic E-state index is 5.57. The minimum atomic E-state index is 0. The molecule has 5 aliphatic rings. The van der Waals surface area contributed by atoms with E-state index >= 15 is 0 Å². The summed E-state index contributed by atoms with van der Waals surface area (Å²) in [6.07, 6.45) is 36.0. The molecule has 0 spiro atoms. The van der Waals surface area contributed by atoms with E-state index in [0.717, 1.165) is 66.3 Å². The second-order valence-electron chi connectivity index (χ2n) is 12.7. The molecule has 0 radical (unpaired) electrons. The zero-order valence-electron chi connectivity index (χ0n) is 28.4. The van der Waals surface area contributed by atoms with Gasteiger partial charge in [-0.15, -0.1) is 0 Å². The lowest BCUT2D eigenvalue weighted by Crippen LogP contribution is -2.09. The Morgan fingerprint density at radius 1 is 0.444 bits per heavy atom. The number of hydrogen-bond acceptors (Lipinski definition) is 5. The summed E-state index contributed by atoms with van der Waals surface area (Å²) in [5, 5.41) is 0. The summed E-state index contributed by atoms with van der Waals surface area (Å²) in [4.78, 5) is 20.8. The number of aliphatic imine (C=N–C) groups is 4. The van der Waals surface area contributed by atoms with Crippen LogP contribution in [-0.2, 0) is 0 Å². The minimum Gasteiger partial charge on any atom is -0.344 e. The van der Waals surface area contributed by atoms with E-state index in [1.165, 1.54) is 104 Å². The molecular weight excluding hydrogens is 550 g/mol. The van der Waals surface area contributed by atoms with Crippen LogP contribution in [0.2, 0.25) is 0 Å². The summed E-state index contributed by atoms with van der Waals surface area (Å²) in [5.74, 6) is 0. The Kier molecular flexibility index (Phi) is 13.2. The first-order valence-electron chi connectivity index (χ1n) is 17.7. The molecule has 0 aromatic carbocycles. The van der Waals surface area contributed by atoms with E-state index in [-0.39, 0.29) is 6.15 Å². The molecule has 0 aliphatic carbocycles. The second kappa shape index (κ2) is 17.3. The van der Waals surface area contributed by atoms with Gasteiger partial charge in [0.2, 0.25) is 0 Å². The predicted octanol–water partition coefficient (Wildman–Crippen LogP) is 11.5. The van der Waals surface area contributed by atoms with Crippen LogP contribution in [0, 0.1) is 0 Å². The maximum atomic E-state index is 5.57. The van der Waals surface area contributed by atoms with Crippen molar-refractivity contribution in [3.05, 3.63) is 93.7 Å². The van der Waals surface area contributed by atoms with Crippen molar-refractivity contribution in [2.45, 2.75) is 130 Å². The number of unbranched alkanes of at least 4 members (excludes halogenated alkanes) is 8. The fourth-order valence-electron chi connectivity index (χ4n) is 6.60. The molecule has 0 amide bonds. The Hall–Kier alpha value is -3.44. The van der Waals surface area contributed by atoms with Crippen LogP contribution in [0.1, 0.15) is 130 Å². The second-order valence-corrected chi connectivity index (χ2v) is 12.7. The van der Waals surface area contributed by atoms with Gasteiger partial charge in [-0.3, -0.25) is 0 Å². The molecule has 8 bridgehead atoms. The van der Waals surface area contributed by atoms with Crippen LogP contribution >= 0.6 is 0 Å². The lowest BCUT2D eigenvalue weighted by atomic mass is 9.88. The summed E-state index contributed by atoms with van der Waals surface area (Å²) in [5.41, 5.74) is 14.0. The summed E-state index contributed by atoms with van der Waals surface area (Å²) in [6, 6.07) is 0. The molecule has 5 nitrogen and oxygen atoms in total. The van der Waals surface area contributed by atoms with Crippen LogP contribution < -0.4 is 6.15 Å². The number of nitrogens with zero attached hydrogens (tertiary/aromatic N) is 4. The third-order valence-electron chi connectivity index (χ3n) is 9.01. The molecular formula is C40H55N5. The van der Waals surface area contributed by atoms with E-state index < -0.39 is 0 Å². The lowest BCUT2D eigenvalue weighted by Gasteiger charge is -2.17. The predicted molar refractivity (Wildman–Crippen MR) is 196 cm³/mol. The van der Waals surface area contributed by atoms with Gasteiger partial charge in [0.15, 0.2) is 0 Å². The fraction of sp³-hybridized carbons (Fsp3) is 0.500. The summed E-state index contributed by atoms with van der Waals surface area (Å²) < 4.78 is 0. The van der Waals surface area contributed by atoms with Crippen LogP contribution in [0.15, 0.2) is 114 Å². The standard InChI is InChI=1S/C40H52N4.H3N/c1-5-9-13-17-29-25-34-27-32-22-21-30(41-32)26-31-23-24-33(42-31)28-38-35(18-14-10-6-2)36(19-15-11-7-3)40(44-38)37(39(29)43-34)20-16-12-8-4;/h21-28H,5-20H2,1-4H3;1H3. The van der Waals surface area contributed by atoms with Crippen molar-refractivity contribution in [1.29, 1.82) is 0 Å². The van der Waals surface area contributed by atoms with Crippen molar-refractivity contribution in [2.24, 2.45) is 20.0 Å². The molecule has 5 heteroatoms. The average molecular weight is 606 g/mol. The first-order chi connectivity index (χ1) is 21.6. The quantitative estimate of drug-likeness (QED) is 0.174. The Balaban J connectivity index is 0.00000461. The highest BCUT2D eigenvalue weighted by Crippen LogP contribution is 2.40. The molecule has 5 aliphatic heterocycles. The van der Waals surface area contributed by atoms with Gasteiger partial charge in [0.1, 0.15) is 0 Å². The Morgan fingerprint density at radius 3 is 1.56 bits per heavy atom. The zero-order chi connectivity index (χ0) is 30.7. The van der Waals surface area contributed by atoms with Crippen LogP contribution in [0.3, 0.4) is 0 Å². The van der Waals surface area contributed by atoms with Gasteiger partial charge in [0.25, 0.3) is 0 Å². The topological polar surface area (TPSA) is 84.4 Å². The normalized spacial score (nSPS) is 18.4. The van der Waals surface area contributed by atoms with E-state index in [1.54, 1.807) is 0 Å². The van der Waals surface area contributed by atoms with Gasteiger partial charge in [-0.05, 0) is 117 Å². The first kappa shape index (κ1) is 34.4. The van der Waals surface area contributed by atoms with Gasteiger partial charge in [-0.2, -0.15) is 0 Å². The molecule has 0 saturated carbocycles. The molecule has 0 fully saturated rings.